The Balaban J connectivity index is 0.00000225. The van der Waals surface area contributed by atoms with E-state index in [-0.39, 0.29) is 17.3 Å². The predicted molar refractivity (Wildman–Crippen MR) is 54.2 cm³/mol. The molecule has 0 bridgehead atoms. The van der Waals surface area contributed by atoms with Gasteiger partial charge in [0.2, 0.25) is 6.33 Å². The molecule has 1 aromatic heterocycles. The first-order valence-electron chi connectivity index (χ1n) is 4.82. The minimum Gasteiger partial charge on any atom is -0.870 e. The van der Waals surface area contributed by atoms with E-state index in [9.17, 15) is 9.70 Å². The lowest BCUT2D eigenvalue weighted by Crippen LogP contribution is -2.30. The summed E-state index contributed by atoms with van der Waals surface area (Å²) in [5.41, 5.74) is 0. The number of rotatable bonds is 6. The highest BCUT2D eigenvalue weighted by Gasteiger charge is 2.06. The first-order valence-corrected chi connectivity index (χ1v) is 4.82. The lowest BCUT2D eigenvalue weighted by atomic mass is 10.3. The number of carbonyl (C=O) groups is 1. The van der Waals surface area contributed by atoms with Crippen molar-refractivity contribution < 1.29 is 19.6 Å². The number of nitrogens with one attached hydrogen (secondary N) is 1. The molecule has 0 aliphatic heterocycles. The van der Waals surface area contributed by atoms with Crippen LogP contribution in [0, 0.1) is 4.91 Å². The van der Waals surface area contributed by atoms with Crippen LogP contribution in [0.2, 0.25) is 0 Å². The maximum atomic E-state index is 11.0. The van der Waals surface area contributed by atoms with Gasteiger partial charge in [0.05, 0.1) is 13.2 Å². The molecule has 0 saturated carbocycles. The molecule has 0 amide bonds. The molecule has 1 heterocycles. The summed E-state index contributed by atoms with van der Waals surface area (Å²) in [5, 5.41) is 2.75. The zero-order chi connectivity index (χ0) is 11.1. The maximum Gasteiger partial charge on any atom is 0.305 e. The molecule has 16 heavy (non-hydrogen) atoms. The quantitative estimate of drug-likeness (QED) is 0.443. The third-order valence-electron chi connectivity index (χ3n) is 1.87. The average molecular weight is 229 g/mol. The van der Waals surface area contributed by atoms with Gasteiger partial charge in [-0.1, -0.05) is 0 Å². The van der Waals surface area contributed by atoms with Crippen LogP contribution >= 0.6 is 0 Å². The standard InChI is InChI=1S/C9H13N3O3.H2O/c1-2-15-9(13)4-3-5-12-6-8(11-14)10-7-12;/h6-7H,2-5H2,1H3;1H2. The van der Waals surface area contributed by atoms with Gasteiger partial charge >= 0.3 is 5.97 Å². The van der Waals surface area contributed by atoms with Crippen molar-refractivity contribution in [3.63, 3.8) is 0 Å². The van der Waals surface area contributed by atoms with E-state index in [1.165, 1.54) is 0 Å². The molecule has 0 saturated heterocycles. The van der Waals surface area contributed by atoms with Crippen molar-refractivity contribution in [3.05, 3.63) is 17.4 Å². The second-order valence-corrected chi connectivity index (χ2v) is 3.03. The highest BCUT2D eigenvalue weighted by Crippen LogP contribution is 2.01. The van der Waals surface area contributed by atoms with Gasteiger partial charge in [-0.25, -0.2) is 9.55 Å². The number of carbonyl (C=O) groups excluding carboxylic acids is 1. The summed E-state index contributed by atoms with van der Waals surface area (Å²) in [6, 6.07) is 0. The number of hydrogen-bond donors (Lipinski definition) is 1. The van der Waals surface area contributed by atoms with E-state index in [0.29, 0.717) is 26.0 Å². The molecule has 0 radical (unpaired) electrons. The van der Waals surface area contributed by atoms with Crippen molar-refractivity contribution in [2.24, 2.45) is 5.18 Å². The summed E-state index contributed by atoms with van der Waals surface area (Å²) in [6.45, 7) is 2.85. The van der Waals surface area contributed by atoms with Gasteiger partial charge in [0.15, 0.2) is 6.20 Å². The van der Waals surface area contributed by atoms with Crippen molar-refractivity contribution in [3.8, 4) is 0 Å². The molecule has 0 spiro atoms. The summed E-state index contributed by atoms with van der Waals surface area (Å²) in [6.07, 6.45) is 4.30. The van der Waals surface area contributed by atoms with E-state index in [1.54, 1.807) is 24.0 Å². The van der Waals surface area contributed by atoms with Crippen molar-refractivity contribution in [1.29, 1.82) is 0 Å². The average Bonchev–Trinajstić information content (AvgIpc) is 2.66. The largest absolute Gasteiger partial charge is 0.870 e. The number of hydrogen-bond acceptors (Lipinski definition) is 5. The fraction of sp³-hybridized carbons (Fsp3) is 0.556. The molecule has 90 valence electrons. The van der Waals surface area contributed by atoms with Gasteiger partial charge in [-0.15, -0.1) is 4.91 Å². The first kappa shape index (κ1) is 14.2. The van der Waals surface area contributed by atoms with Crippen LogP contribution in [0.3, 0.4) is 0 Å². The lowest BCUT2D eigenvalue weighted by molar-refractivity contribution is -0.695. The maximum absolute atomic E-state index is 11.0. The van der Waals surface area contributed by atoms with Gasteiger partial charge in [-0.3, -0.25) is 4.79 Å². The molecule has 1 aromatic rings. The third kappa shape index (κ3) is 4.65. The molecule has 0 aliphatic carbocycles. The van der Waals surface area contributed by atoms with Crippen molar-refractivity contribution in [2.45, 2.75) is 26.3 Å². The number of imidazole rings is 1. The number of H-pyrrole nitrogens is 1. The lowest BCUT2D eigenvalue weighted by Gasteiger charge is -1.99. The Morgan fingerprint density at radius 2 is 2.38 bits per heavy atom. The number of aromatic amines is 1. The second-order valence-electron chi connectivity index (χ2n) is 3.03. The number of nitrogens with zero attached hydrogens (tertiary/aromatic N) is 2. The molecule has 1 rings (SSSR count). The van der Waals surface area contributed by atoms with Gasteiger partial charge < -0.3 is 10.2 Å². The van der Waals surface area contributed by atoms with Crippen LogP contribution in [0.4, 0.5) is 5.82 Å². The summed E-state index contributed by atoms with van der Waals surface area (Å²) in [4.78, 5) is 23.8. The topological polar surface area (TPSA) is 105 Å². The third-order valence-corrected chi connectivity index (χ3v) is 1.87. The fourth-order valence-corrected chi connectivity index (χ4v) is 1.20. The van der Waals surface area contributed by atoms with E-state index in [2.05, 4.69) is 10.2 Å². The summed E-state index contributed by atoms with van der Waals surface area (Å²) in [7, 11) is 0. The Labute approximate surface area is 92.7 Å². The smallest absolute Gasteiger partial charge is 0.305 e. The van der Waals surface area contributed by atoms with Gasteiger partial charge in [0, 0.05) is 11.6 Å². The van der Waals surface area contributed by atoms with Crippen LogP contribution in [0.15, 0.2) is 17.7 Å². The molecule has 0 unspecified atom stereocenters. The van der Waals surface area contributed by atoms with Gasteiger partial charge in [-0.05, 0) is 13.3 Å². The van der Waals surface area contributed by atoms with Crippen LogP contribution in [-0.2, 0) is 16.1 Å². The zero-order valence-corrected chi connectivity index (χ0v) is 9.05. The number of aromatic nitrogens is 2. The van der Waals surface area contributed by atoms with E-state index in [1.807, 2.05) is 0 Å². The monoisotopic (exact) mass is 229 g/mol. The molecular formula is C9H15N3O4. The highest BCUT2D eigenvalue weighted by atomic mass is 16.5. The number of ether oxygens (including phenoxy) is 1. The summed E-state index contributed by atoms with van der Waals surface area (Å²) in [5.74, 6) is 0.0912. The Kier molecular flexibility index (Phi) is 6.69. The number of esters is 1. The Morgan fingerprint density at radius 1 is 1.62 bits per heavy atom. The first-order chi connectivity index (χ1) is 7.26. The number of aryl methyl sites for hydroxylation is 1. The number of nitroso groups, excluding NO2 is 1. The molecule has 0 aromatic carbocycles. The summed E-state index contributed by atoms with van der Waals surface area (Å²) >= 11 is 0. The van der Waals surface area contributed by atoms with Crippen LogP contribution in [0.1, 0.15) is 19.8 Å². The summed E-state index contributed by atoms with van der Waals surface area (Å²) < 4.78 is 6.56. The van der Waals surface area contributed by atoms with Crippen molar-refractivity contribution >= 4 is 11.8 Å². The fourth-order valence-electron chi connectivity index (χ4n) is 1.20. The van der Waals surface area contributed by atoms with Gasteiger partial charge in [-0.2, -0.15) is 0 Å². The van der Waals surface area contributed by atoms with Crippen molar-refractivity contribution in [2.75, 3.05) is 6.61 Å². The molecular weight excluding hydrogens is 214 g/mol. The molecule has 7 nitrogen and oxygen atoms in total. The Morgan fingerprint density at radius 3 is 2.94 bits per heavy atom. The molecule has 7 heteroatoms. The van der Waals surface area contributed by atoms with E-state index >= 15 is 0 Å². The van der Waals surface area contributed by atoms with E-state index < -0.39 is 0 Å². The van der Waals surface area contributed by atoms with Gasteiger partial charge in [0.1, 0.15) is 0 Å². The van der Waals surface area contributed by atoms with Crippen LogP contribution in [0.25, 0.3) is 0 Å². The molecule has 0 fully saturated rings. The highest BCUT2D eigenvalue weighted by molar-refractivity contribution is 5.69. The zero-order valence-electron chi connectivity index (χ0n) is 9.05. The van der Waals surface area contributed by atoms with Crippen LogP contribution < -0.4 is 4.57 Å². The van der Waals surface area contributed by atoms with E-state index in [0.717, 1.165) is 0 Å². The van der Waals surface area contributed by atoms with Crippen molar-refractivity contribution in [1.82, 2.24) is 4.98 Å². The molecule has 0 atom stereocenters. The Hall–Kier alpha value is -1.76. The molecule has 0 aliphatic rings. The SMILES string of the molecule is CCOC(=O)CCC[n+]1c[nH]c(N=O)c1.[OH-]. The predicted octanol–water partition coefficient (Wildman–Crippen LogP) is 0.867. The van der Waals surface area contributed by atoms with Gasteiger partial charge in [0.25, 0.3) is 5.82 Å². The van der Waals surface area contributed by atoms with Crippen LogP contribution in [0.5, 0.6) is 0 Å². The second kappa shape index (κ2) is 7.52. The van der Waals surface area contributed by atoms with E-state index in [4.69, 9.17) is 4.74 Å². The molecule has 2 N–H and O–H groups in total. The van der Waals surface area contributed by atoms with Crippen LogP contribution in [-0.4, -0.2) is 23.0 Å². The minimum atomic E-state index is -0.192. The minimum absolute atomic E-state index is 0. The normalized spacial score (nSPS) is 9.31. The Bertz CT molecular complexity index is 337.